The second-order valence-electron chi connectivity index (χ2n) is 7.13. The van der Waals surface area contributed by atoms with Crippen molar-refractivity contribution in [3.63, 3.8) is 0 Å². The Labute approximate surface area is 124 Å². The second kappa shape index (κ2) is 8.02. The predicted octanol–water partition coefficient (Wildman–Crippen LogP) is 3.23. The molecule has 0 aromatic heterocycles. The predicted molar refractivity (Wildman–Crippen MR) is 83.3 cm³/mol. The maximum atomic E-state index is 12.3. The van der Waals surface area contributed by atoms with Gasteiger partial charge in [-0.05, 0) is 37.5 Å². The van der Waals surface area contributed by atoms with E-state index < -0.39 is 0 Å². The molecule has 0 heterocycles. The van der Waals surface area contributed by atoms with Crippen molar-refractivity contribution in [2.24, 2.45) is 23.5 Å². The van der Waals surface area contributed by atoms with Crippen molar-refractivity contribution in [1.29, 1.82) is 0 Å². The Morgan fingerprint density at radius 3 is 2.70 bits per heavy atom. The lowest BCUT2D eigenvalue weighted by Gasteiger charge is -2.27. The number of nitrogens with two attached hydrogens (primary N) is 1. The fraction of sp³-hybridized carbons (Fsp3) is 0.941. The lowest BCUT2D eigenvalue weighted by molar-refractivity contribution is -0.125. The van der Waals surface area contributed by atoms with Gasteiger partial charge in [-0.1, -0.05) is 45.4 Å². The van der Waals surface area contributed by atoms with E-state index >= 15 is 0 Å². The summed E-state index contributed by atoms with van der Waals surface area (Å²) in [6.07, 6.45) is 12.2. The van der Waals surface area contributed by atoms with Crippen LogP contribution in [0.1, 0.15) is 71.1 Å². The van der Waals surface area contributed by atoms with Crippen LogP contribution in [-0.2, 0) is 4.79 Å². The topological polar surface area (TPSA) is 55.1 Å². The van der Waals surface area contributed by atoms with Crippen LogP contribution in [0.15, 0.2) is 0 Å². The number of rotatable bonds is 4. The molecule has 2 rings (SSSR count). The third kappa shape index (κ3) is 4.76. The normalized spacial score (nSPS) is 35.3. The summed E-state index contributed by atoms with van der Waals surface area (Å²) in [5, 5.41) is 3.15. The molecule has 0 radical (unpaired) electrons. The molecule has 0 spiro atoms. The van der Waals surface area contributed by atoms with Gasteiger partial charge >= 0.3 is 0 Å². The van der Waals surface area contributed by atoms with E-state index in [1.807, 2.05) is 0 Å². The van der Waals surface area contributed by atoms with Gasteiger partial charge in [0, 0.05) is 12.6 Å². The molecule has 3 heteroatoms. The molecule has 0 saturated heterocycles. The zero-order valence-corrected chi connectivity index (χ0v) is 13.1. The second-order valence-corrected chi connectivity index (χ2v) is 7.13. The molecule has 4 unspecified atom stereocenters. The molecule has 0 bridgehead atoms. The van der Waals surface area contributed by atoms with Gasteiger partial charge < -0.3 is 11.1 Å². The quantitative estimate of drug-likeness (QED) is 0.777. The first-order valence-electron chi connectivity index (χ1n) is 8.70. The van der Waals surface area contributed by atoms with Crippen LogP contribution in [0.2, 0.25) is 0 Å². The molecule has 4 atom stereocenters. The minimum atomic E-state index is 0.0581. The van der Waals surface area contributed by atoms with E-state index in [1.165, 1.54) is 38.5 Å². The minimum absolute atomic E-state index is 0.0581. The van der Waals surface area contributed by atoms with Gasteiger partial charge in [0.2, 0.25) is 5.91 Å². The number of carbonyl (C=O) groups excluding carboxylic acids is 1. The van der Waals surface area contributed by atoms with Crippen LogP contribution >= 0.6 is 0 Å². The van der Waals surface area contributed by atoms with Crippen molar-refractivity contribution in [3.8, 4) is 0 Å². The summed E-state index contributed by atoms with van der Waals surface area (Å²) in [5.74, 6) is 1.97. The van der Waals surface area contributed by atoms with E-state index in [1.54, 1.807) is 0 Å². The monoisotopic (exact) mass is 280 g/mol. The Kier molecular flexibility index (Phi) is 6.34. The summed E-state index contributed by atoms with van der Waals surface area (Å²) in [7, 11) is 0. The smallest absolute Gasteiger partial charge is 0.224 e. The summed E-state index contributed by atoms with van der Waals surface area (Å²) in [5.41, 5.74) is 6.15. The Morgan fingerprint density at radius 2 is 1.90 bits per heavy atom. The zero-order chi connectivity index (χ0) is 14.4. The average molecular weight is 280 g/mol. The molecule has 0 aromatic rings. The van der Waals surface area contributed by atoms with E-state index in [4.69, 9.17) is 5.73 Å². The molecule has 20 heavy (non-hydrogen) atoms. The summed E-state index contributed by atoms with van der Waals surface area (Å²) in [6.45, 7) is 3.20. The molecular weight excluding hydrogens is 248 g/mol. The van der Waals surface area contributed by atoms with Gasteiger partial charge in [0.1, 0.15) is 0 Å². The average Bonchev–Trinajstić information content (AvgIpc) is 2.63. The van der Waals surface area contributed by atoms with Crippen molar-refractivity contribution < 1.29 is 4.79 Å². The van der Waals surface area contributed by atoms with Gasteiger partial charge in [-0.2, -0.15) is 0 Å². The Bertz CT molecular complexity index is 305. The number of amides is 1. The number of carbonyl (C=O) groups is 1. The van der Waals surface area contributed by atoms with Crippen molar-refractivity contribution in [2.75, 3.05) is 6.54 Å². The Hall–Kier alpha value is -0.570. The summed E-state index contributed by atoms with van der Waals surface area (Å²) in [6, 6.07) is 0.0761. The molecule has 0 aromatic carbocycles. The maximum absolute atomic E-state index is 12.3. The third-order valence-corrected chi connectivity index (χ3v) is 5.30. The SMILES string of the molecule is CC1CCCC(CCNC(=O)C2CCCCCC2N)C1. The highest BCUT2D eigenvalue weighted by Gasteiger charge is 2.27. The van der Waals surface area contributed by atoms with Crippen LogP contribution in [0.5, 0.6) is 0 Å². The van der Waals surface area contributed by atoms with Crippen LogP contribution in [0.3, 0.4) is 0 Å². The van der Waals surface area contributed by atoms with Crippen LogP contribution < -0.4 is 11.1 Å². The van der Waals surface area contributed by atoms with Crippen LogP contribution in [0.4, 0.5) is 0 Å². The van der Waals surface area contributed by atoms with Gasteiger partial charge in [0.05, 0.1) is 5.92 Å². The molecule has 1 amide bonds. The zero-order valence-electron chi connectivity index (χ0n) is 13.1. The van der Waals surface area contributed by atoms with E-state index in [-0.39, 0.29) is 17.9 Å². The van der Waals surface area contributed by atoms with E-state index in [0.717, 1.165) is 44.1 Å². The Balaban J connectivity index is 1.68. The van der Waals surface area contributed by atoms with Crippen LogP contribution in [0, 0.1) is 17.8 Å². The molecule has 116 valence electrons. The molecule has 2 aliphatic rings. The highest BCUT2D eigenvalue weighted by atomic mass is 16.1. The molecule has 2 saturated carbocycles. The first kappa shape index (κ1) is 15.8. The van der Waals surface area contributed by atoms with E-state index in [0.29, 0.717) is 0 Å². The fourth-order valence-electron chi connectivity index (χ4n) is 4.01. The first-order valence-corrected chi connectivity index (χ1v) is 8.70. The molecular formula is C17H32N2O. The van der Waals surface area contributed by atoms with Gasteiger partial charge in [0.15, 0.2) is 0 Å². The Morgan fingerprint density at radius 1 is 1.10 bits per heavy atom. The van der Waals surface area contributed by atoms with E-state index in [2.05, 4.69) is 12.2 Å². The molecule has 2 aliphatic carbocycles. The summed E-state index contributed by atoms with van der Waals surface area (Å²) < 4.78 is 0. The molecule has 0 aliphatic heterocycles. The van der Waals surface area contributed by atoms with Gasteiger partial charge in [-0.15, -0.1) is 0 Å². The number of nitrogens with one attached hydrogen (secondary N) is 1. The number of hydrogen-bond acceptors (Lipinski definition) is 2. The highest BCUT2D eigenvalue weighted by molar-refractivity contribution is 5.79. The van der Waals surface area contributed by atoms with Crippen molar-refractivity contribution in [3.05, 3.63) is 0 Å². The van der Waals surface area contributed by atoms with Gasteiger partial charge in [-0.25, -0.2) is 0 Å². The van der Waals surface area contributed by atoms with Crippen molar-refractivity contribution >= 4 is 5.91 Å². The molecule has 3 N–H and O–H groups in total. The number of hydrogen-bond donors (Lipinski definition) is 2. The first-order chi connectivity index (χ1) is 9.66. The van der Waals surface area contributed by atoms with Crippen LogP contribution in [0.25, 0.3) is 0 Å². The summed E-state index contributed by atoms with van der Waals surface area (Å²) >= 11 is 0. The standard InChI is InChI=1S/C17H32N2O/c1-13-6-5-7-14(12-13)10-11-19-17(20)15-8-3-2-4-9-16(15)18/h13-16H,2-12,18H2,1H3,(H,19,20). The lowest BCUT2D eigenvalue weighted by atomic mass is 9.81. The van der Waals surface area contributed by atoms with Crippen molar-refractivity contribution in [2.45, 2.75) is 77.2 Å². The minimum Gasteiger partial charge on any atom is -0.356 e. The van der Waals surface area contributed by atoms with Crippen LogP contribution in [-0.4, -0.2) is 18.5 Å². The maximum Gasteiger partial charge on any atom is 0.224 e. The molecule has 2 fully saturated rings. The molecule has 3 nitrogen and oxygen atoms in total. The van der Waals surface area contributed by atoms with Gasteiger partial charge in [-0.3, -0.25) is 4.79 Å². The largest absolute Gasteiger partial charge is 0.356 e. The summed E-state index contributed by atoms with van der Waals surface area (Å²) in [4.78, 5) is 12.3. The van der Waals surface area contributed by atoms with E-state index in [9.17, 15) is 4.79 Å². The lowest BCUT2D eigenvalue weighted by Crippen LogP contribution is -2.41. The third-order valence-electron chi connectivity index (χ3n) is 5.30. The highest BCUT2D eigenvalue weighted by Crippen LogP contribution is 2.30. The fourth-order valence-corrected chi connectivity index (χ4v) is 4.01. The van der Waals surface area contributed by atoms with Crippen molar-refractivity contribution in [1.82, 2.24) is 5.32 Å². The van der Waals surface area contributed by atoms with Gasteiger partial charge in [0.25, 0.3) is 0 Å².